The number of methoxy groups -OCH3 is 1. The van der Waals surface area contributed by atoms with Crippen molar-refractivity contribution in [1.29, 1.82) is 0 Å². The maximum absolute atomic E-state index is 12.2. The summed E-state index contributed by atoms with van der Waals surface area (Å²) in [5.74, 6) is 1.48. The van der Waals surface area contributed by atoms with Crippen LogP contribution >= 0.6 is 0 Å². The van der Waals surface area contributed by atoms with E-state index in [4.69, 9.17) is 4.74 Å². The zero-order valence-corrected chi connectivity index (χ0v) is 12.7. The number of ether oxygens (including phenoxy) is 1. The molecule has 1 aromatic heterocycles. The molecule has 2 N–H and O–H groups in total. The summed E-state index contributed by atoms with van der Waals surface area (Å²) < 4.78 is 5.30. The fraction of sp³-hybridized carbons (Fsp3) is 0.400. The number of carbonyl (C=O) groups is 1. The minimum Gasteiger partial charge on any atom is -0.496 e. The normalized spacial score (nSPS) is 12.2. The Labute approximate surface area is 123 Å². The Kier molecular flexibility index (Phi) is 4.57. The molecular weight excluding hydrogens is 268 g/mol. The first-order valence-corrected chi connectivity index (χ1v) is 6.89. The highest BCUT2D eigenvalue weighted by Gasteiger charge is 2.18. The van der Waals surface area contributed by atoms with Gasteiger partial charge in [-0.15, -0.1) is 5.10 Å². The van der Waals surface area contributed by atoms with Gasteiger partial charge in [0.25, 0.3) is 5.91 Å². The number of nitrogens with zero attached hydrogens (tertiary/aromatic N) is 2. The van der Waals surface area contributed by atoms with E-state index in [1.807, 2.05) is 45.0 Å². The molecule has 0 radical (unpaired) electrons. The van der Waals surface area contributed by atoms with Gasteiger partial charge in [-0.25, -0.2) is 4.98 Å². The number of rotatable bonds is 5. The number of para-hydroxylation sites is 1. The van der Waals surface area contributed by atoms with Crippen molar-refractivity contribution in [2.75, 3.05) is 7.11 Å². The third-order valence-electron chi connectivity index (χ3n) is 3.21. The van der Waals surface area contributed by atoms with Crippen LogP contribution in [0.5, 0.6) is 5.75 Å². The molecule has 1 aromatic carbocycles. The highest BCUT2D eigenvalue weighted by molar-refractivity contribution is 5.90. The molecule has 0 saturated carbocycles. The third kappa shape index (κ3) is 3.39. The van der Waals surface area contributed by atoms with Crippen molar-refractivity contribution in [2.45, 2.75) is 32.7 Å². The van der Waals surface area contributed by atoms with Gasteiger partial charge in [-0.2, -0.15) is 0 Å². The number of nitrogens with one attached hydrogen (secondary N) is 2. The number of hydrogen-bond acceptors (Lipinski definition) is 4. The van der Waals surface area contributed by atoms with Crippen LogP contribution in [0.25, 0.3) is 0 Å². The molecule has 0 bridgehead atoms. The lowest BCUT2D eigenvalue weighted by Gasteiger charge is -2.16. The number of amides is 1. The van der Waals surface area contributed by atoms with Crippen LogP contribution in [0, 0.1) is 0 Å². The number of benzene rings is 1. The zero-order chi connectivity index (χ0) is 15.4. The van der Waals surface area contributed by atoms with E-state index >= 15 is 0 Å². The van der Waals surface area contributed by atoms with Crippen molar-refractivity contribution in [3.8, 4) is 5.75 Å². The maximum Gasteiger partial charge on any atom is 0.291 e. The van der Waals surface area contributed by atoms with E-state index in [1.54, 1.807) is 7.11 Å². The average molecular weight is 288 g/mol. The number of aromatic amines is 1. The molecule has 6 nitrogen and oxygen atoms in total. The summed E-state index contributed by atoms with van der Waals surface area (Å²) in [6.07, 6.45) is 0. The fourth-order valence-electron chi connectivity index (χ4n) is 2.00. The summed E-state index contributed by atoms with van der Waals surface area (Å²) in [5.41, 5.74) is 0.910. The fourth-order valence-corrected chi connectivity index (χ4v) is 2.00. The second kappa shape index (κ2) is 6.39. The van der Waals surface area contributed by atoms with Crippen LogP contribution in [0.2, 0.25) is 0 Å². The molecule has 0 aliphatic rings. The molecule has 0 fully saturated rings. The smallest absolute Gasteiger partial charge is 0.291 e. The molecule has 0 saturated heterocycles. The third-order valence-corrected chi connectivity index (χ3v) is 3.21. The second-order valence-electron chi connectivity index (χ2n) is 5.14. The molecular formula is C15H20N4O2. The van der Waals surface area contributed by atoms with E-state index in [0.717, 1.165) is 11.3 Å². The lowest BCUT2D eigenvalue weighted by molar-refractivity contribution is 0.0929. The Hall–Kier alpha value is -2.37. The first-order chi connectivity index (χ1) is 10.0. The minimum absolute atomic E-state index is 0.153. The van der Waals surface area contributed by atoms with E-state index in [1.165, 1.54) is 0 Å². The van der Waals surface area contributed by atoms with Crippen LogP contribution in [0.3, 0.4) is 0 Å². The SMILES string of the molecule is COc1ccccc1C(C)NC(=O)c1n[nH]c(C(C)C)n1. The Bertz CT molecular complexity index is 622. The predicted octanol–water partition coefficient (Wildman–Crippen LogP) is 2.43. The first-order valence-electron chi connectivity index (χ1n) is 6.89. The summed E-state index contributed by atoms with van der Waals surface area (Å²) in [6, 6.07) is 7.38. The molecule has 1 atom stereocenters. The van der Waals surface area contributed by atoms with Crippen molar-refractivity contribution in [3.63, 3.8) is 0 Å². The summed E-state index contributed by atoms with van der Waals surface area (Å²) in [7, 11) is 1.61. The molecule has 2 rings (SSSR count). The van der Waals surface area contributed by atoms with E-state index in [2.05, 4.69) is 20.5 Å². The molecule has 1 unspecified atom stereocenters. The van der Waals surface area contributed by atoms with Gasteiger partial charge in [-0.05, 0) is 13.0 Å². The van der Waals surface area contributed by atoms with Crippen molar-refractivity contribution in [1.82, 2.24) is 20.5 Å². The van der Waals surface area contributed by atoms with Gasteiger partial charge in [0.05, 0.1) is 13.2 Å². The molecule has 2 aromatic rings. The highest BCUT2D eigenvalue weighted by Crippen LogP contribution is 2.24. The molecule has 1 amide bonds. The lowest BCUT2D eigenvalue weighted by atomic mass is 10.1. The Morgan fingerprint density at radius 2 is 2.00 bits per heavy atom. The quantitative estimate of drug-likeness (QED) is 0.885. The first kappa shape index (κ1) is 15.0. The number of carbonyl (C=O) groups excluding carboxylic acids is 1. The van der Waals surface area contributed by atoms with Gasteiger partial charge in [0.1, 0.15) is 11.6 Å². The summed E-state index contributed by atoms with van der Waals surface area (Å²) in [6.45, 7) is 5.87. The van der Waals surface area contributed by atoms with Crippen LogP contribution in [0.4, 0.5) is 0 Å². The number of hydrogen-bond donors (Lipinski definition) is 2. The van der Waals surface area contributed by atoms with Gasteiger partial charge in [0.15, 0.2) is 0 Å². The van der Waals surface area contributed by atoms with Crippen molar-refractivity contribution < 1.29 is 9.53 Å². The van der Waals surface area contributed by atoms with Gasteiger partial charge in [0, 0.05) is 11.5 Å². The molecule has 1 heterocycles. The summed E-state index contributed by atoms with van der Waals surface area (Å²) in [5, 5.41) is 9.60. The number of aromatic nitrogens is 3. The van der Waals surface area contributed by atoms with E-state index in [-0.39, 0.29) is 23.7 Å². The summed E-state index contributed by atoms with van der Waals surface area (Å²) in [4.78, 5) is 16.4. The number of H-pyrrole nitrogens is 1. The van der Waals surface area contributed by atoms with Gasteiger partial charge in [-0.3, -0.25) is 9.89 Å². The predicted molar refractivity (Wildman–Crippen MR) is 79.3 cm³/mol. The standard InChI is InChI=1S/C15H20N4O2/c1-9(2)13-17-14(19-18-13)15(20)16-10(3)11-7-5-6-8-12(11)21-4/h5-10H,1-4H3,(H,16,20)(H,17,18,19). The Morgan fingerprint density at radius 1 is 1.29 bits per heavy atom. The van der Waals surface area contributed by atoms with Crippen LogP contribution < -0.4 is 10.1 Å². The van der Waals surface area contributed by atoms with Crippen molar-refractivity contribution in [3.05, 3.63) is 41.5 Å². The molecule has 0 spiro atoms. The van der Waals surface area contributed by atoms with E-state index in [0.29, 0.717) is 5.82 Å². The molecule has 21 heavy (non-hydrogen) atoms. The Morgan fingerprint density at radius 3 is 2.62 bits per heavy atom. The average Bonchev–Trinajstić information content (AvgIpc) is 2.97. The van der Waals surface area contributed by atoms with Crippen LogP contribution in [0.1, 0.15) is 54.7 Å². The summed E-state index contributed by atoms with van der Waals surface area (Å²) >= 11 is 0. The van der Waals surface area contributed by atoms with Crippen LogP contribution in [-0.4, -0.2) is 28.2 Å². The van der Waals surface area contributed by atoms with Gasteiger partial charge < -0.3 is 10.1 Å². The largest absolute Gasteiger partial charge is 0.496 e. The van der Waals surface area contributed by atoms with Crippen LogP contribution in [0.15, 0.2) is 24.3 Å². The molecule has 0 aliphatic heterocycles. The molecule has 112 valence electrons. The lowest BCUT2D eigenvalue weighted by Crippen LogP contribution is -2.28. The Balaban J connectivity index is 2.11. The van der Waals surface area contributed by atoms with Gasteiger partial charge in [-0.1, -0.05) is 32.0 Å². The second-order valence-corrected chi connectivity index (χ2v) is 5.14. The topological polar surface area (TPSA) is 79.9 Å². The highest BCUT2D eigenvalue weighted by atomic mass is 16.5. The van der Waals surface area contributed by atoms with Crippen LogP contribution in [-0.2, 0) is 0 Å². The van der Waals surface area contributed by atoms with Gasteiger partial charge >= 0.3 is 0 Å². The van der Waals surface area contributed by atoms with Crippen molar-refractivity contribution in [2.24, 2.45) is 0 Å². The monoisotopic (exact) mass is 288 g/mol. The molecule has 0 aliphatic carbocycles. The van der Waals surface area contributed by atoms with E-state index in [9.17, 15) is 4.79 Å². The minimum atomic E-state index is -0.309. The van der Waals surface area contributed by atoms with Crippen molar-refractivity contribution >= 4 is 5.91 Å². The van der Waals surface area contributed by atoms with Gasteiger partial charge in [0.2, 0.25) is 5.82 Å². The van der Waals surface area contributed by atoms with E-state index < -0.39 is 0 Å². The zero-order valence-electron chi connectivity index (χ0n) is 12.7. The molecule has 6 heteroatoms. The maximum atomic E-state index is 12.2.